The van der Waals surface area contributed by atoms with Gasteiger partial charge in [-0.2, -0.15) is 0 Å². The van der Waals surface area contributed by atoms with Gasteiger partial charge in [-0.05, 0) is 24.3 Å². The van der Waals surface area contributed by atoms with Crippen LogP contribution >= 0.6 is 35.6 Å². The first-order valence-corrected chi connectivity index (χ1v) is 8.82. The number of nitrogens with one attached hydrogen (secondary N) is 3. The second-order valence-electron chi connectivity index (χ2n) is 5.63. The van der Waals surface area contributed by atoms with Crippen LogP contribution in [0.4, 0.5) is 0 Å². The summed E-state index contributed by atoms with van der Waals surface area (Å²) in [6, 6.07) is 12.7. The van der Waals surface area contributed by atoms with E-state index < -0.39 is 0 Å². The Morgan fingerprint density at radius 3 is 2.61 bits per heavy atom. The van der Waals surface area contributed by atoms with Crippen molar-refractivity contribution in [2.45, 2.75) is 6.54 Å². The molecular formula is C18H21ClIN7O. The predicted molar refractivity (Wildman–Crippen MR) is 120 cm³/mol. The van der Waals surface area contributed by atoms with E-state index in [-0.39, 0.29) is 29.9 Å². The van der Waals surface area contributed by atoms with Gasteiger partial charge in [0, 0.05) is 26.3 Å². The maximum atomic E-state index is 12.1. The molecule has 3 rings (SSSR count). The van der Waals surface area contributed by atoms with Gasteiger partial charge in [0.15, 0.2) is 17.4 Å². The van der Waals surface area contributed by atoms with Gasteiger partial charge in [-0.15, -0.1) is 34.2 Å². The number of benzene rings is 1. The number of carbonyl (C=O) groups excluding carboxylic acids is 1. The first-order chi connectivity index (χ1) is 13.2. The number of aromatic nitrogens is 3. The summed E-state index contributed by atoms with van der Waals surface area (Å²) in [5.74, 6) is 1.18. The number of fused-ring (bicyclic) bond motifs is 1. The van der Waals surface area contributed by atoms with Crippen LogP contribution in [0.2, 0.25) is 5.02 Å². The SMILES string of the molecule is CN=C(NCCNC(=O)c1ccccc1Cl)NCc1nnc2ccccn12.I. The molecule has 1 aromatic carbocycles. The average Bonchev–Trinajstić information content (AvgIpc) is 3.11. The summed E-state index contributed by atoms with van der Waals surface area (Å²) in [6.45, 7) is 1.41. The van der Waals surface area contributed by atoms with E-state index in [1.165, 1.54) is 0 Å². The Morgan fingerprint density at radius 2 is 1.82 bits per heavy atom. The first-order valence-electron chi connectivity index (χ1n) is 8.45. The molecular weight excluding hydrogens is 493 g/mol. The smallest absolute Gasteiger partial charge is 0.252 e. The van der Waals surface area contributed by atoms with Crippen molar-refractivity contribution in [2.24, 2.45) is 4.99 Å². The Morgan fingerprint density at radius 1 is 1.07 bits per heavy atom. The van der Waals surface area contributed by atoms with Crippen LogP contribution in [0, 0.1) is 0 Å². The predicted octanol–water partition coefficient (Wildman–Crippen LogP) is 2.10. The molecule has 0 saturated heterocycles. The molecule has 0 bridgehead atoms. The van der Waals surface area contributed by atoms with E-state index in [2.05, 4.69) is 31.1 Å². The van der Waals surface area contributed by atoms with Gasteiger partial charge in [-0.25, -0.2) is 0 Å². The standard InChI is InChI=1S/C18H20ClN7O.HI/c1-20-18(23-12-16-25-24-15-8-4-5-11-26(15)16)22-10-9-21-17(27)13-6-2-3-7-14(13)19;/h2-8,11H,9-10,12H2,1H3,(H,21,27)(H2,20,22,23);1H. The number of carbonyl (C=O) groups is 1. The van der Waals surface area contributed by atoms with Crippen molar-refractivity contribution in [2.75, 3.05) is 20.1 Å². The van der Waals surface area contributed by atoms with Crippen molar-refractivity contribution >= 4 is 53.1 Å². The lowest BCUT2D eigenvalue weighted by Crippen LogP contribution is -2.41. The lowest BCUT2D eigenvalue weighted by molar-refractivity contribution is 0.0954. The second-order valence-corrected chi connectivity index (χ2v) is 6.04. The molecule has 8 nitrogen and oxygen atoms in total. The van der Waals surface area contributed by atoms with Gasteiger partial charge in [0.2, 0.25) is 0 Å². The molecule has 0 aliphatic heterocycles. The highest BCUT2D eigenvalue weighted by Gasteiger charge is 2.09. The minimum absolute atomic E-state index is 0. The molecule has 2 aromatic heterocycles. The number of hydrogen-bond acceptors (Lipinski definition) is 4. The minimum atomic E-state index is -0.208. The quantitative estimate of drug-likeness (QED) is 0.203. The van der Waals surface area contributed by atoms with Crippen molar-refractivity contribution < 1.29 is 4.79 Å². The van der Waals surface area contributed by atoms with E-state index in [4.69, 9.17) is 11.6 Å². The highest BCUT2D eigenvalue weighted by molar-refractivity contribution is 14.0. The number of rotatable bonds is 6. The van der Waals surface area contributed by atoms with Gasteiger partial charge in [-0.1, -0.05) is 29.8 Å². The van der Waals surface area contributed by atoms with Crippen LogP contribution in [-0.4, -0.2) is 46.6 Å². The molecule has 0 radical (unpaired) electrons. The summed E-state index contributed by atoms with van der Waals surface area (Å²) in [4.78, 5) is 16.3. The highest BCUT2D eigenvalue weighted by atomic mass is 127. The maximum Gasteiger partial charge on any atom is 0.252 e. The van der Waals surface area contributed by atoms with E-state index in [0.29, 0.717) is 36.2 Å². The van der Waals surface area contributed by atoms with Gasteiger partial charge >= 0.3 is 0 Å². The zero-order valence-electron chi connectivity index (χ0n) is 15.2. The number of hydrogen-bond donors (Lipinski definition) is 3. The normalized spacial score (nSPS) is 11.0. The Kier molecular flexibility index (Phi) is 8.45. The Balaban J connectivity index is 0.00000280. The number of nitrogens with zero attached hydrogens (tertiary/aromatic N) is 4. The first kappa shape index (κ1) is 21.9. The summed E-state index contributed by atoms with van der Waals surface area (Å²) >= 11 is 6.02. The Hall–Kier alpha value is -2.40. The molecule has 3 N–H and O–H groups in total. The molecule has 3 aromatic rings. The van der Waals surface area contributed by atoms with Gasteiger partial charge in [0.05, 0.1) is 17.1 Å². The number of amides is 1. The fourth-order valence-corrected chi connectivity index (χ4v) is 2.71. The largest absolute Gasteiger partial charge is 0.355 e. The van der Waals surface area contributed by atoms with Crippen molar-refractivity contribution in [3.05, 3.63) is 65.1 Å². The van der Waals surface area contributed by atoms with Gasteiger partial charge in [0.25, 0.3) is 5.91 Å². The third-order valence-electron chi connectivity index (χ3n) is 3.84. The summed E-state index contributed by atoms with van der Waals surface area (Å²) in [6.07, 6.45) is 1.91. The van der Waals surface area contributed by atoms with Crippen LogP contribution < -0.4 is 16.0 Å². The van der Waals surface area contributed by atoms with E-state index in [9.17, 15) is 4.79 Å². The van der Waals surface area contributed by atoms with Crippen molar-refractivity contribution in [3.8, 4) is 0 Å². The zero-order chi connectivity index (χ0) is 19.1. The molecule has 1 amide bonds. The van der Waals surface area contributed by atoms with Crippen LogP contribution in [-0.2, 0) is 6.54 Å². The Bertz CT molecular complexity index is 960. The minimum Gasteiger partial charge on any atom is -0.355 e. The van der Waals surface area contributed by atoms with Crippen LogP contribution in [0.1, 0.15) is 16.2 Å². The fraction of sp³-hybridized carbons (Fsp3) is 0.222. The molecule has 28 heavy (non-hydrogen) atoms. The monoisotopic (exact) mass is 513 g/mol. The van der Waals surface area contributed by atoms with Crippen LogP contribution in [0.5, 0.6) is 0 Å². The molecule has 0 saturated carbocycles. The van der Waals surface area contributed by atoms with Crippen LogP contribution in [0.3, 0.4) is 0 Å². The van der Waals surface area contributed by atoms with Crippen molar-refractivity contribution in [3.63, 3.8) is 0 Å². The van der Waals surface area contributed by atoms with E-state index in [1.807, 2.05) is 28.8 Å². The fourth-order valence-electron chi connectivity index (χ4n) is 2.49. The van der Waals surface area contributed by atoms with Crippen molar-refractivity contribution in [1.82, 2.24) is 30.5 Å². The van der Waals surface area contributed by atoms with E-state index in [0.717, 1.165) is 11.5 Å². The van der Waals surface area contributed by atoms with Gasteiger partial charge < -0.3 is 16.0 Å². The molecule has 0 fully saturated rings. The lowest BCUT2D eigenvalue weighted by Gasteiger charge is -2.12. The number of halogens is 2. The molecule has 0 unspecified atom stereocenters. The molecule has 0 aliphatic rings. The lowest BCUT2D eigenvalue weighted by atomic mass is 10.2. The second kappa shape index (κ2) is 10.8. The Labute approximate surface area is 184 Å². The number of aliphatic imine (C=N–C) groups is 1. The zero-order valence-corrected chi connectivity index (χ0v) is 18.3. The molecule has 0 spiro atoms. The topological polar surface area (TPSA) is 95.7 Å². The number of guanidine groups is 1. The highest BCUT2D eigenvalue weighted by Crippen LogP contribution is 2.14. The summed E-state index contributed by atoms with van der Waals surface area (Å²) < 4.78 is 1.91. The third-order valence-corrected chi connectivity index (χ3v) is 4.17. The molecule has 0 aliphatic carbocycles. The van der Waals surface area contributed by atoms with E-state index in [1.54, 1.807) is 31.3 Å². The van der Waals surface area contributed by atoms with Gasteiger partial charge in [0.1, 0.15) is 0 Å². The average molecular weight is 514 g/mol. The van der Waals surface area contributed by atoms with Crippen LogP contribution in [0.15, 0.2) is 53.7 Å². The maximum absolute atomic E-state index is 12.1. The van der Waals surface area contributed by atoms with Gasteiger partial charge in [-0.3, -0.25) is 14.2 Å². The van der Waals surface area contributed by atoms with Crippen molar-refractivity contribution in [1.29, 1.82) is 0 Å². The molecule has 148 valence electrons. The summed E-state index contributed by atoms with van der Waals surface area (Å²) in [5, 5.41) is 17.8. The summed E-state index contributed by atoms with van der Waals surface area (Å²) in [5.41, 5.74) is 1.25. The summed E-state index contributed by atoms with van der Waals surface area (Å²) in [7, 11) is 1.68. The molecule has 0 atom stereocenters. The molecule has 2 heterocycles. The third kappa shape index (κ3) is 5.55. The molecule has 10 heteroatoms. The van der Waals surface area contributed by atoms with E-state index >= 15 is 0 Å². The van der Waals surface area contributed by atoms with Crippen LogP contribution in [0.25, 0.3) is 5.65 Å². The number of pyridine rings is 1.